The molecule has 15 atom stereocenters. The average molecular weight is 1900 g/mol. The molecule has 34 nitrogen and oxygen atoms in total. The van der Waals surface area contributed by atoms with Crippen molar-refractivity contribution in [2.45, 2.75) is 215 Å². The van der Waals surface area contributed by atoms with Gasteiger partial charge in [-0.15, -0.1) is 11.8 Å². The maximum atomic E-state index is 15.5. The van der Waals surface area contributed by atoms with Crippen LogP contribution in [0, 0.1) is 29.3 Å². The Morgan fingerprint density at radius 2 is 1.12 bits per heavy atom. The Labute approximate surface area is 792 Å². The number of likely N-dealkylation sites (tertiary alicyclic amines) is 2. The van der Waals surface area contributed by atoms with Crippen molar-refractivity contribution in [3.8, 4) is 11.5 Å². The summed E-state index contributed by atoms with van der Waals surface area (Å²) in [6.07, 6.45) is 2.27. The number of hydrogen-bond donors (Lipinski definition) is 14. The minimum Gasteiger partial charge on any atom is -0.508 e. The van der Waals surface area contributed by atoms with Crippen LogP contribution in [0.1, 0.15) is 119 Å². The number of hydrogen-bond acceptors (Lipinski definition) is 22. The molecular weight excluding hydrogens is 1780 g/mol. The molecule has 6 aromatic carbocycles. The summed E-state index contributed by atoms with van der Waals surface area (Å²) in [6.45, 7) is 7.80. The molecule has 7 aromatic rings. The van der Waals surface area contributed by atoms with Gasteiger partial charge in [0.15, 0.2) is 23.2 Å². The quantitative estimate of drug-likeness (QED) is 0.0147. The number of aliphatic hydroxyl groups excluding tert-OH is 1. The zero-order valence-corrected chi connectivity index (χ0v) is 78.4. The molecule has 732 valence electrons. The standard InChI is InChI=1S/C98H125F3N16O18S/c1-9-10-27-79(96(133)116-38-19-28-77(116)92(129)107-64(52-118)53-119)113(6)95(132)81(47-59-23-15-12-16-24-59)115(8)94(131)75(45-62-41-68(99)85(101)69(100)42-62)108-84(124)55-136-54-76(88(125)106-51-83(102)123)112-89(126)72(40-56(2)3)109-90(127)73(44-61-32-36-66(121)37-33-61)110-91(128)74(48-63-49-104-70-26-18-17-25-67(63)70)111-93(130)78-29-20-39-117(78)98-87(135-98)71(43-60-30-34-65(120)35-31-60)105-50-82(122)80(46-58-21-13-11-14-22-58)114(7)97(134)86(103)57(4)5/h11-18,21-26,30-37,41-42,49,52,56-57,64,71-81,86-87,98,104-105,119-121H,9-10,19-20,27-29,38-40,43-48,50-51,53-55,103H2,1-8H3,(H2,102,123)(H,106,125)(H,107,129)(H,108,124)(H,109,127)(H,110,128)(H,111,130)(H,112,126)/t64-,71+,72+,73+,74+,75+,76+,77-,78-,79+,80?,81+,86+,87?,98?/m1/s1. The van der Waals surface area contributed by atoms with Crippen molar-refractivity contribution in [3.05, 3.63) is 203 Å². The number of phenols is 2. The normalized spacial score (nSPS) is 17.7. The number of nitrogens with one attached hydrogen (secondary N) is 9. The van der Waals surface area contributed by atoms with Crippen molar-refractivity contribution >= 4 is 106 Å². The number of likely N-dealkylation sites (N-methyl/N-ethyl adjacent to an activating group) is 3. The number of phenolic OH excluding ortho intramolecular Hbond substituents is 2. The molecule has 0 spiro atoms. The summed E-state index contributed by atoms with van der Waals surface area (Å²) >= 11 is 0.706. The molecule has 3 aliphatic rings. The van der Waals surface area contributed by atoms with Crippen LogP contribution in [-0.2, 0) is 110 Å². The molecular formula is C98H125F3N16O18S. The lowest BCUT2D eigenvalue weighted by molar-refractivity contribution is -0.152. The molecule has 38 heteroatoms. The number of para-hydroxylation sites is 1. The fourth-order valence-corrected chi connectivity index (χ4v) is 18.0. The number of carbonyl (C=O) groups is 14. The van der Waals surface area contributed by atoms with Crippen LogP contribution in [0.15, 0.2) is 152 Å². The average Bonchev–Trinajstić information content (AvgIpc) is 1.62. The third-order valence-corrected chi connectivity index (χ3v) is 25.9. The van der Waals surface area contributed by atoms with E-state index in [-0.39, 0.29) is 92.7 Å². The van der Waals surface area contributed by atoms with Crippen molar-refractivity contribution in [2.75, 3.05) is 65.4 Å². The Morgan fingerprint density at radius 3 is 1.72 bits per heavy atom. The Hall–Kier alpha value is -12.6. The van der Waals surface area contributed by atoms with Gasteiger partial charge in [-0.25, -0.2) is 13.2 Å². The molecule has 0 aliphatic carbocycles. The van der Waals surface area contributed by atoms with Crippen LogP contribution in [0.25, 0.3) is 10.9 Å². The molecule has 3 aliphatic heterocycles. The number of aromatic hydroxyl groups is 2. The Kier molecular flexibility index (Phi) is 39.0. The molecule has 1 aromatic heterocycles. The number of aromatic nitrogens is 1. The molecule has 10 rings (SSSR count). The number of fused-ring (bicyclic) bond motifs is 1. The number of nitrogens with zero attached hydrogens (tertiary/aromatic N) is 5. The van der Waals surface area contributed by atoms with Crippen LogP contribution in [0.4, 0.5) is 13.2 Å². The van der Waals surface area contributed by atoms with E-state index in [9.17, 15) is 58.1 Å². The first kappa shape index (κ1) is 105. The number of unbranched alkanes of at least 4 members (excludes halogenated alkanes) is 1. The van der Waals surface area contributed by atoms with E-state index in [1.807, 2.05) is 74.2 Å². The van der Waals surface area contributed by atoms with Gasteiger partial charge in [-0.05, 0) is 139 Å². The molecule has 3 fully saturated rings. The molecule has 3 unspecified atom stereocenters. The van der Waals surface area contributed by atoms with E-state index in [4.69, 9.17) is 16.2 Å². The lowest BCUT2D eigenvalue weighted by atomic mass is 9.97. The van der Waals surface area contributed by atoms with Gasteiger partial charge in [0.2, 0.25) is 70.9 Å². The maximum Gasteiger partial charge on any atom is 0.246 e. The van der Waals surface area contributed by atoms with Gasteiger partial charge in [0.1, 0.15) is 84.5 Å². The van der Waals surface area contributed by atoms with Crippen LogP contribution < -0.4 is 54.0 Å². The summed E-state index contributed by atoms with van der Waals surface area (Å²) in [5, 5.41) is 53.2. The van der Waals surface area contributed by atoms with Gasteiger partial charge in [-0.2, -0.15) is 0 Å². The number of halogens is 3. The first-order chi connectivity index (χ1) is 64.9. The molecule has 4 heterocycles. The SMILES string of the molecule is CCCC[C@@H](C(=O)N1CCC[C@@H]1C(=O)N[C@H](C=O)CO)N(C)C(=O)[C@H](Cc1ccccc1)N(C)C(=O)[C@H](Cc1cc(F)c(F)c(F)c1)NC(=O)CSC[C@H](NC(=O)[C@H](CC(C)C)NC(=O)[C@H](Cc1ccc(O)cc1)NC(=O)[C@H](Cc1c[nH]c2ccccc12)NC(=O)[C@H]1CCCN1C1OC1[C@H](Cc1ccc(O)cc1)NCC(=O)C(Cc1ccccc1)N(C)C(=O)[C@@H](N)C(C)C)C(=O)NCC(N)=O. The Bertz CT molecular complexity index is 5300. The van der Waals surface area contributed by atoms with Crippen molar-refractivity contribution in [1.82, 2.24) is 72.0 Å². The number of aromatic amines is 1. The molecule has 0 bridgehead atoms. The number of carbonyl (C=O) groups excluding carboxylic acids is 14. The number of epoxide rings is 1. The molecule has 12 amide bonds. The minimum absolute atomic E-state index is 0.0359. The van der Waals surface area contributed by atoms with E-state index in [2.05, 4.69) is 47.5 Å². The topological polar surface area (TPSA) is 492 Å². The van der Waals surface area contributed by atoms with E-state index in [1.54, 1.807) is 87.8 Å². The Morgan fingerprint density at radius 1 is 0.581 bits per heavy atom. The summed E-state index contributed by atoms with van der Waals surface area (Å²) in [4.78, 5) is 211. The first-order valence-electron chi connectivity index (χ1n) is 45.8. The number of aldehydes is 1. The van der Waals surface area contributed by atoms with Gasteiger partial charge in [-0.3, -0.25) is 67.2 Å². The second kappa shape index (κ2) is 50.3. The number of rotatable bonds is 51. The molecule has 0 saturated carbocycles. The maximum absolute atomic E-state index is 15.5. The highest BCUT2D eigenvalue weighted by atomic mass is 32.2. The smallest absolute Gasteiger partial charge is 0.246 e. The van der Waals surface area contributed by atoms with Gasteiger partial charge >= 0.3 is 0 Å². The Balaban J connectivity index is 0.870. The lowest BCUT2D eigenvalue weighted by Crippen LogP contribution is -2.60. The van der Waals surface area contributed by atoms with E-state index < -0.39 is 210 Å². The zero-order chi connectivity index (χ0) is 98.7. The predicted octanol–water partition coefficient (Wildman–Crippen LogP) is 3.60. The molecule has 136 heavy (non-hydrogen) atoms. The number of ether oxygens (including phenoxy) is 1. The highest BCUT2D eigenvalue weighted by Crippen LogP contribution is 2.37. The molecule has 0 radical (unpaired) electrons. The summed E-state index contributed by atoms with van der Waals surface area (Å²) in [5.41, 5.74) is 15.4. The van der Waals surface area contributed by atoms with Gasteiger partial charge in [-0.1, -0.05) is 151 Å². The van der Waals surface area contributed by atoms with Gasteiger partial charge in [0.25, 0.3) is 0 Å². The molecule has 16 N–H and O–H groups in total. The number of Topliss-reactive ketones (excluding diaryl/α,β-unsaturated/α-hetero) is 1. The highest BCUT2D eigenvalue weighted by molar-refractivity contribution is 8.00. The van der Waals surface area contributed by atoms with Crippen LogP contribution in [0.3, 0.4) is 0 Å². The van der Waals surface area contributed by atoms with Gasteiger partial charge in [0, 0.05) is 88.8 Å². The summed E-state index contributed by atoms with van der Waals surface area (Å²) in [7, 11) is 4.16. The van der Waals surface area contributed by atoms with Gasteiger partial charge < -0.3 is 103 Å². The fourth-order valence-electron chi connectivity index (χ4n) is 17.1. The monoisotopic (exact) mass is 1900 g/mol. The zero-order valence-electron chi connectivity index (χ0n) is 77.6. The van der Waals surface area contributed by atoms with Crippen molar-refractivity contribution in [2.24, 2.45) is 23.3 Å². The van der Waals surface area contributed by atoms with Crippen LogP contribution in [-0.4, -0.2) is 284 Å². The van der Waals surface area contributed by atoms with Gasteiger partial charge in [0.05, 0.1) is 43.6 Å². The van der Waals surface area contributed by atoms with E-state index in [1.165, 1.54) is 53.1 Å². The third-order valence-electron chi connectivity index (χ3n) is 24.8. The second-order valence-corrected chi connectivity index (χ2v) is 36.8. The van der Waals surface area contributed by atoms with Crippen LogP contribution in [0.2, 0.25) is 0 Å². The van der Waals surface area contributed by atoms with Crippen LogP contribution in [0.5, 0.6) is 11.5 Å². The van der Waals surface area contributed by atoms with E-state index >= 15 is 37.5 Å². The lowest BCUT2D eigenvalue weighted by Gasteiger charge is -2.38. The fraction of sp³-hybridized carbons (Fsp3) is 0.469. The summed E-state index contributed by atoms with van der Waals surface area (Å²) in [6, 6.07) is 22.2. The highest BCUT2D eigenvalue weighted by Gasteiger charge is 2.54. The first-order valence-corrected chi connectivity index (χ1v) is 47.0. The largest absolute Gasteiger partial charge is 0.508 e. The van der Waals surface area contributed by atoms with E-state index in [0.29, 0.717) is 97.5 Å². The number of aliphatic hydroxyl groups is 1. The number of thioether (sulfide) groups is 1. The van der Waals surface area contributed by atoms with Crippen molar-refractivity contribution in [3.63, 3.8) is 0 Å². The number of primary amides is 1. The number of H-pyrrole nitrogens is 1. The summed E-state index contributed by atoms with van der Waals surface area (Å²) in [5.74, 6) is -17.1. The second-order valence-electron chi connectivity index (χ2n) is 35.7. The third kappa shape index (κ3) is 29.2. The van der Waals surface area contributed by atoms with Crippen molar-refractivity contribution in [1.29, 1.82) is 0 Å². The number of amides is 12. The summed E-state index contributed by atoms with van der Waals surface area (Å²) < 4.78 is 51.4. The van der Waals surface area contributed by atoms with Crippen LogP contribution >= 0.6 is 11.8 Å². The van der Waals surface area contributed by atoms with E-state index in [0.717, 1.165) is 21.4 Å². The minimum atomic E-state index is -1.83. The number of nitrogens with two attached hydrogens (primary N) is 2. The number of ketones is 1. The number of benzene rings is 6. The van der Waals surface area contributed by atoms with Crippen molar-refractivity contribution < 1.29 is 100 Å². The predicted molar refractivity (Wildman–Crippen MR) is 502 cm³/mol. The molecule has 3 saturated heterocycles.